The van der Waals surface area contributed by atoms with Crippen LogP contribution in [0, 0.1) is 0 Å². The zero-order chi connectivity index (χ0) is 12.4. The highest BCUT2D eigenvalue weighted by atomic mass is 32.1. The lowest BCUT2D eigenvalue weighted by Gasteiger charge is -1.97. The van der Waals surface area contributed by atoms with E-state index in [1.54, 1.807) is 0 Å². The van der Waals surface area contributed by atoms with Gasteiger partial charge in [-0.15, -0.1) is 11.3 Å². The van der Waals surface area contributed by atoms with Gasteiger partial charge in [0.1, 0.15) is 5.01 Å². The third-order valence-electron chi connectivity index (χ3n) is 1.96. The van der Waals surface area contributed by atoms with Crippen LogP contribution in [0.5, 0.6) is 0 Å². The van der Waals surface area contributed by atoms with Crippen molar-refractivity contribution in [2.75, 3.05) is 0 Å². The quantitative estimate of drug-likeness (QED) is 0.858. The summed E-state index contributed by atoms with van der Waals surface area (Å²) in [6.07, 6.45) is 2.66. The van der Waals surface area contributed by atoms with Crippen molar-refractivity contribution in [3.05, 3.63) is 35.1 Å². The van der Waals surface area contributed by atoms with E-state index in [1.165, 1.54) is 23.8 Å². The summed E-state index contributed by atoms with van der Waals surface area (Å²) in [5, 5.41) is 19.3. The second-order valence-corrected chi connectivity index (χ2v) is 3.97. The highest BCUT2D eigenvalue weighted by Crippen LogP contribution is 2.23. The molecule has 0 atom stereocenters. The Labute approximate surface area is 99.2 Å². The van der Waals surface area contributed by atoms with Crippen molar-refractivity contribution in [1.82, 2.24) is 9.97 Å². The normalized spacial score (nSPS) is 10.1. The Kier molecular flexibility index (Phi) is 2.84. The molecular weight excluding hydrogens is 244 g/mol. The van der Waals surface area contributed by atoms with Crippen molar-refractivity contribution in [2.45, 2.75) is 0 Å². The molecule has 0 unspecified atom stereocenters. The van der Waals surface area contributed by atoms with E-state index >= 15 is 0 Å². The van der Waals surface area contributed by atoms with Gasteiger partial charge < -0.3 is 10.2 Å². The number of rotatable bonds is 3. The average molecular weight is 250 g/mol. The van der Waals surface area contributed by atoms with Crippen LogP contribution in [-0.4, -0.2) is 32.1 Å². The van der Waals surface area contributed by atoms with Crippen molar-refractivity contribution in [3.8, 4) is 10.6 Å². The predicted molar refractivity (Wildman–Crippen MR) is 59.3 cm³/mol. The molecule has 0 aliphatic rings. The Hall–Kier alpha value is -2.28. The van der Waals surface area contributed by atoms with E-state index in [4.69, 9.17) is 10.2 Å². The number of pyridine rings is 1. The first-order valence-electron chi connectivity index (χ1n) is 4.45. The summed E-state index contributed by atoms with van der Waals surface area (Å²) in [5.41, 5.74) is 0.461. The molecule has 0 aliphatic heterocycles. The standard InChI is InChI=1S/C10H6N2O4S/c13-9(14)6-1-5(2-11-3-6)8-12-7(4-17-8)10(15)16/h1-4H,(H,13,14)(H,15,16). The maximum atomic E-state index is 10.7. The van der Waals surface area contributed by atoms with Crippen LogP contribution in [0.2, 0.25) is 0 Å². The van der Waals surface area contributed by atoms with E-state index in [0.717, 1.165) is 11.3 Å². The van der Waals surface area contributed by atoms with Crippen LogP contribution in [0.1, 0.15) is 20.8 Å². The molecule has 0 saturated heterocycles. The van der Waals surface area contributed by atoms with Gasteiger partial charge in [-0.3, -0.25) is 4.98 Å². The topological polar surface area (TPSA) is 100 Å². The van der Waals surface area contributed by atoms with Crippen molar-refractivity contribution >= 4 is 23.3 Å². The number of carbonyl (C=O) groups is 2. The number of hydrogen-bond donors (Lipinski definition) is 2. The van der Waals surface area contributed by atoms with Crippen LogP contribution in [0.25, 0.3) is 10.6 Å². The summed E-state index contributed by atoms with van der Waals surface area (Å²) in [6, 6.07) is 1.40. The van der Waals surface area contributed by atoms with Gasteiger partial charge in [0.15, 0.2) is 5.69 Å². The van der Waals surface area contributed by atoms with Crippen LogP contribution < -0.4 is 0 Å². The number of hydrogen-bond acceptors (Lipinski definition) is 5. The Bertz CT molecular complexity index is 593. The van der Waals surface area contributed by atoms with E-state index in [-0.39, 0.29) is 11.3 Å². The first-order valence-corrected chi connectivity index (χ1v) is 5.33. The van der Waals surface area contributed by atoms with Crippen LogP contribution >= 0.6 is 11.3 Å². The average Bonchev–Trinajstić information content (AvgIpc) is 2.78. The molecule has 2 heterocycles. The smallest absolute Gasteiger partial charge is 0.355 e. The Morgan fingerprint density at radius 2 is 1.94 bits per heavy atom. The van der Waals surface area contributed by atoms with Crippen molar-refractivity contribution in [2.24, 2.45) is 0 Å². The van der Waals surface area contributed by atoms with Gasteiger partial charge in [-0.05, 0) is 6.07 Å². The zero-order valence-corrected chi connectivity index (χ0v) is 9.14. The molecule has 0 aliphatic carbocycles. The molecule has 0 aromatic carbocycles. The summed E-state index contributed by atoms with van der Waals surface area (Å²) in [4.78, 5) is 29.0. The molecular formula is C10H6N2O4S. The van der Waals surface area contributed by atoms with E-state index < -0.39 is 11.9 Å². The minimum atomic E-state index is -1.12. The Balaban J connectivity index is 2.42. The van der Waals surface area contributed by atoms with E-state index in [0.29, 0.717) is 10.6 Å². The Morgan fingerprint density at radius 3 is 2.53 bits per heavy atom. The summed E-state index contributed by atoms with van der Waals surface area (Å²) >= 11 is 1.13. The third-order valence-corrected chi connectivity index (χ3v) is 2.85. The molecule has 2 aromatic rings. The summed E-state index contributed by atoms with van der Waals surface area (Å²) in [7, 11) is 0. The number of carboxylic acids is 2. The molecule has 86 valence electrons. The lowest BCUT2D eigenvalue weighted by Crippen LogP contribution is -1.98. The van der Waals surface area contributed by atoms with Gasteiger partial charge in [-0.2, -0.15) is 0 Å². The first-order chi connectivity index (χ1) is 8.08. The highest BCUT2D eigenvalue weighted by Gasteiger charge is 2.12. The lowest BCUT2D eigenvalue weighted by molar-refractivity contribution is 0.0682. The largest absolute Gasteiger partial charge is 0.478 e. The molecule has 0 fully saturated rings. The van der Waals surface area contributed by atoms with Crippen LogP contribution in [0.3, 0.4) is 0 Å². The molecule has 2 N–H and O–H groups in total. The summed E-state index contributed by atoms with van der Waals surface area (Å²) in [6.45, 7) is 0. The van der Waals surface area contributed by atoms with Gasteiger partial charge in [0.2, 0.25) is 0 Å². The van der Waals surface area contributed by atoms with Crippen LogP contribution in [0.4, 0.5) is 0 Å². The van der Waals surface area contributed by atoms with Crippen LogP contribution in [-0.2, 0) is 0 Å². The molecule has 0 amide bonds. The number of nitrogens with zero attached hydrogens (tertiary/aromatic N) is 2. The van der Waals surface area contributed by atoms with E-state index in [2.05, 4.69) is 9.97 Å². The molecule has 7 heteroatoms. The second kappa shape index (κ2) is 4.30. The van der Waals surface area contributed by atoms with Gasteiger partial charge >= 0.3 is 11.9 Å². The van der Waals surface area contributed by atoms with Crippen LogP contribution in [0.15, 0.2) is 23.8 Å². The fraction of sp³-hybridized carbons (Fsp3) is 0. The number of aromatic carboxylic acids is 2. The maximum absolute atomic E-state index is 10.7. The molecule has 0 bridgehead atoms. The van der Waals surface area contributed by atoms with Crippen molar-refractivity contribution < 1.29 is 19.8 Å². The third kappa shape index (κ3) is 2.28. The Morgan fingerprint density at radius 1 is 1.18 bits per heavy atom. The fourth-order valence-electron chi connectivity index (χ4n) is 1.18. The monoisotopic (exact) mass is 250 g/mol. The van der Waals surface area contributed by atoms with Crippen molar-refractivity contribution in [1.29, 1.82) is 0 Å². The molecule has 0 spiro atoms. The number of thiazole rings is 1. The first kappa shape index (κ1) is 11.2. The van der Waals surface area contributed by atoms with Crippen molar-refractivity contribution in [3.63, 3.8) is 0 Å². The molecule has 17 heavy (non-hydrogen) atoms. The molecule has 0 saturated carbocycles. The van der Waals surface area contributed by atoms with E-state index in [9.17, 15) is 9.59 Å². The van der Waals surface area contributed by atoms with E-state index in [1.807, 2.05) is 0 Å². The highest BCUT2D eigenvalue weighted by molar-refractivity contribution is 7.13. The number of carboxylic acid groups (broad SMARTS) is 2. The van der Waals surface area contributed by atoms with Gasteiger partial charge in [-0.1, -0.05) is 0 Å². The molecule has 6 nitrogen and oxygen atoms in total. The summed E-state index contributed by atoms with van der Waals surface area (Å²) in [5.74, 6) is -2.20. The maximum Gasteiger partial charge on any atom is 0.355 e. The fourth-order valence-corrected chi connectivity index (χ4v) is 1.95. The molecule has 2 rings (SSSR count). The second-order valence-electron chi connectivity index (χ2n) is 3.11. The molecule has 0 radical (unpaired) electrons. The predicted octanol–water partition coefficient (Wildman–Crippen LogP) is 1.60. The van der Waals surface area contributed by atoms with Gasteiger partial charge in [0, 0.05) is 23.3 Å². The summed E-state index contributed by atoms with van der Waals surface area (Å²) < 4.78 is 0. The number of aromatic nitrogens is 2. The lowest BCUT2D eigenvalue weighted by atomic mass is 10.2. The minimum Gasteiger partial charge on any atom is -0.478 e. The SMILES string of the molecule is O=C(O)c1cncc(-c2nc(C(=O)O)cs2)c1. The van der Waals surface area contributed by atoms with Gasteiger partial charge in [-0.25, -0.2) is 14.6 Å². The van der Waals surface area contributed by atoms with Gasteiger partial charge in [0.05, 0.1) is 5.56 Å². The minimum absolute atomic E-state index is 0.0366. The van der Waals surface area contributed by atoms with Gasteiger partial charge in [0.25, 0.3) is 0 Å². The zero-order valence-electron chi connectivity index (χ0n) is 8.32. The molecule has 2 aromatic heterocycles.